The van der Waals surface area contributed by atoms with Gasteiger partial charge in [-0.3, -0.25) is 0 Å². The van der Waals surface area contributed by atoms with Crippen molar-refractivity contribution in [2.75, 3.05) is 6.54 Å². The van der Waals surface area contributed by atoms with Crippen LogP contribution in [0.2, 0.25) is 0 Å². The van der Waals surface area contributed by atoms with Crippen LogP contribution >= 0.6 is 15.9 Å². The lowest BCUT2D eigenvalue weighted by Crippen LogP contribution is -2.59. The van der Waals surface area contributed by atoms with Gasteiger partial charge in [-0.25, -0.2) is 0 Å². The Labute approximate surface area is 89.2 Å². The summed E-state index contributed by atoms with van der Waals surface area (Å²) in [5.74, 6) is 0.528. The minimum atomic E-state index is -3.17. The second-order valence-corrected chi connectivity index (χ2v) is 5.80. The highest BCUT2D eigenvalue weighted by molar-refractivity contribution is 9.10. The van der Waals surface area contributed by atoms with Crippen LogP contribution in [0.25, 0.3) is 0 Å². The van der Waals surface area contributed by atoms with E-state index in [9.17, 15) is 13.9 Å². The summed E-state index contributed by atoms with van der Waals surface area (Å²) in [6.45, 7) is 0.789. The quantitative estimate of drug-likeness (QED) is 0.703. The van der Waals surface area contributed by atoms with E-state index in [1.165, 1.54) is 0 Å². The lowest BCUT2D eigenvalue weighted by atomic mass is 9.78. The lowest BCUT2D eigenvalue weighted by molar-refractivity contribution is -0.156. The SMILES string of the molecule is OC1(C(F)(F)Br)C2CC3CNC1C3C2. The van der Waals surface area contributed by atoms with Crippen LogP contribution in [0, 0.1) is 17.8 Å². The molecule has 5 unspecified atom stereocenters. The predicted molar refractivity (Wildman–Crippen MR) is 50.3 cm³/mol. The van der Waals surface area contributed by atoms with Gasteiger partial charge in [0.15, 0.2) is 5.60 Å². The Morgan fingerprint density at radius 2 is 2.14 bits per heavy atom. The average molecular weight is 268 g/mol. The van der Waals surface area contributed by atoms with E-state index >= 15 is 0 Å². The molecule has 3 aliphatic rings. The number of hydrogen-bond donors (Lipinski definition) is 2. The summed E-state index contributed by atoms with van der Waals surface area (Å²) in [5.41, 5.74) is -1.87. The Hall–Kier alpha value is 0.260. The van der Waals surface area contributed by atoms with E-state index in [2.05, 4.69) is 21.2 Å². The second-order valence-electron chi connectivity index (χ2n) is 4.80. The topological polar surface area (TPSA) is 32.3 Å². The summed E-state index contributed by atoms with van der Waals surface area (Å²) in [6.07, 6.45) is 1.49. The van der Waals surface area contributed by atoms with Crippen LogP contribution in [0.15, 0.2) is 0 Å². The van der Waals surface area contributed by atoms with Gasteiger partial charge in [0.25, 0.3) is 0 Å². The molecule has 0 aromatic heterocycles. The van der Waals surface area contributed by atoms with Crippen molar-refractivity contribution in [3.8, 4) is 0 Å². The van der Waals surface area contributed by atoms with Crippen LogP contribution in [0.3, 0.4) is 0 Å². The fraction of sp³-hybridized carbons (Fsp3) is 1.00. The van der Waals surface area contributed by atoms with Gasteiger partial charge in [-0.15, -0.1) is 0 Å². The first-order chi connectivity index (χ1) is 6.44. The zero-order valence-corrected chi connectivity index (χ0v) is 9.10. The van der Waals surface area contributed by atoms with E-state index in [1.807, 2.05) is 0 Å². The highest BCUT2D eigenvalue weighted by atomic mass is 79.9. The van der Waals surface area contributed by atoms with Gasteiger partial charge < -0.3 is 10.4 Å². The Bertz CT molecular complexity index is 280. The molecule has 80 valence electrons. The molecule has 1 saturated heterocycles. The largest absolute Gasteiger partial charge is 0.381 e. The maximum atomic E-state index is 13.4. The third-order valence-electron chi connectivity index (χ3n) is 4.33. The van der Waals surface area contributed by atoms with Crippen LogP contribution in [0.1, 0.15) is 12.8 Å². The third-order valence-corrected chi connectivity index (χ3v) is 4.96. The van der Waals surface area contributed by atoms with E-state index < -0.39 is 16.5 Å². The molecular formula is C9H12BrF2NO. The Morgan fingerprint density at radius 1 is 1.43 bits per heavy atom. The number of alkyl halides is 3. The smallest absolute Gasteiger partial charge is 0.331 e. The Balaban J connectivity index is 2.03. The molecule has 0 aromatic rings. The van der Waals surface area contributed by atoms with Gasteiger partial charge in [0.05, 0.1) is 0 Å². The maximum Gasteiger partial charge on any atom is 0.331 e. The predicted octanol–water partition coefficient (Wildman–Crippen LogP) is 1.33. The molecule has 2 N–H and O–H groups in total. The number of fused-ring (bicyclic) bond motifs is 1. The highest BCUT2D eigenvalue weighted by Crippen LogP contribution is 2.61. The molecule has 5 atom stereocenters. The lowest BCUT2D eigenvalue weighted by Gasteiger charge is -2.40. The summed E-state index contributed by atoms with van der Waals surface area (Å²) in [5, 5.41) is 13.2. The maximum absolute atomic E-state index is 13.4. The van der Waals surface area contributed by atoms with E-state index in [4.69, 9.17) is 0 Å². The van der Waals surface area contributed by atoms with E-state index in [1.54, 1.807) is 0 Å². The first kappa shape index (κ1) is 9.48. The number of nitrogens with one attached hydrogen (secondary N) is 1. The van der Waals surface area contributed by atoms with Crippen molar-refractivity contribution >= 4 is 15.9 Å². The van der Waals surface area contributed by atoms with Crippen LogP contribution in [-0.2, 0) is 0 Å². The van der Waals surface area contributed by atoms with Gasteiger partial charge in [-0.05, 0) is 53.1 Å². The van der Waals surface area contributed by atoms with Gasteiger partial charge in [0, 0.05) is 6.04 Å². The van der Waals surface area contributed by atoms with Crippen molar-refractivity contribution in [1.82, 2.24) is 5.32 Å². The molecule has 0 amide bonds. The van der Waals surface area contributed by atoms with Gasteiger partial charge >= 0.3 is 4.83 Å². The van der Waals surface area contributed by atoms with Gasteiger partial charge in [-0.2, -0.15) is 8.78 Å². The average Bonchev–Trinajstić information content (AvgIpc) is 2.59. The fourth-order valence-electron chi connectivity index (χ4n) is 3.73. The molecule has 2 bridgehead atoms. The highest BCUT2D eigenvalue weighted by Gasteiger charge is 2.72. The zero-order chi connectivity index (χ0) is 10.1. The Morgan fingerprint density at radius 3 is 2.79 bits per heavy atom. The normalized spacial score (nSPS) is 55.7. The summed E-state index contributed by atoms with van der Waals surface area (Å²) in [6, 6.07) is -0.416. The van der Waals surface area contributed by atoms with Crippen molar-refractivity contribution in [2.24, 2.45) is 17.8 Å². The summed E-state index contributed by atoms with van der Waals surface area (Å²) < 4.78 is 26.7. The van der Waals surface area contributed by atoms with Crippen LogP contribution < -0.4 is 5.32 Å². The first-order valence-corrected chi connectivity index (χ1v) is 5.76. The third kappa shape index (κ3) is 0.870. The number of aliphatic hydroxyl groups is 1. The number of halogens is 3. The van der Waals surface area contributed by atoms with Crippen molar-refractivity contribution in [3.05, 3.63) is 0 Å². The van der Waals surface area contributed by atoms with Crippen LogP contribution in [-0.4, -0.2) is 28.1 Å². The monoisotopic (exact) mass is 267 g/mol. The van der Waals surface area contributed by atoms with Crippen LogP contribution in [0.4, 0.5) is 8.78 Å². The molecule has 2 nitrogen and oxygen atoms in total. The fourth-order valence-corrected chi connectivity index (χ4v) is 4.30. The summed E-state index contributed by atoms with van der Waals surface area (Å²) in [4.78, 5) is -3.17. The Kier molecular flexibility index (Phi) is 1.69. The van der Waals surface area contributed by atoms with Crippen LogP contribution in [0.5, 0.6) is 0 Å². The van der Waals surface area contributed by atoms with Gasteiger partial charge in [-0.1, -0.05) is 0 Å². The van der Waals surface area contributed by atoms with E-state index in [-0.39, 0.29) is 11.8 Å². The molecule has 1 heterocycles. The van der Waals surface area contributed by atoms with Gasteiger partial charge in [0.1, 0.15) is 0 Å². The van der Waals surface area contributed by atoms with E-state index in [0.717, 1.165) is 19.4 Å². The van der Waals surface area contributed by atoms with Gasteiger partial charge in [0.2, 0.25) is 0 Å². The summed E-state index contributed by atoms with van der Waals surface area (Å²) >= 11 is 2.34. The molecule has 2 saturated carbocycles. The number of rotatable bonds is 1. The standard InChI is InChI=1S/C9H12BrF2NO/c10-9(11,12)8(14)5-1-4-3-13-7(8)6(4)2-5/h4-7,13-14H,1-3H2. The van der Waals surface area contributed by atoms with E-state index in [0.29, 0.717) is 5.92 Å². The van der Waals surface area contributed by atoms with Crippen molar-refractivity contribution in [1.29, 1.82) is 0 Å². The number of hydrogen-bond acceptors (Lipinski definition) is 2. The van der Waals surface area contributed by atoms with Crippen molar-refractivity contribution < 1.29 is 13.9 Å². The molecule has 0 aromatic carbocycles. The molecule has 14 heavy (non-hydrogen) atoms. The molecule has 3 rings (SSSR count). The molecule has 3 fully saturated rings. The summed E-state index contributed by atoms with van der Waals surface area (Å²) in [7, 11) is 0. The molecule has 1 aliphatic heterocycles. The molecular weight excluding hydrogens is 256 g/mol. The van der Waals surface area contributed by atoms with Crippen molar-refractivity contribution in [3.63, 3.8) is 0 Å². The minimum Gasteiger partial charge on any atom is -0.381 e. The molecule has 0 spiro atoms. The second kappa shape index (κ2) is 2.50. The zero-order valence-electron chi connectivity index (χ0n) is 7.51. The molecule has 2 aliphatic carbocycles. The molecule has 0 radical (unpaired) electrons. The van der Waals surface area contributed by atoms with Crippen molar-refractivity contribution in [2.45, 2.75) is 29.3 Å². The molecule has 5 heteroatoms. The minimum absolute atomic E-state index is 0.244. The first-order valence-electron chi connectivity index (χ1n) is 4.97.